The Labute approximate surface area is 209 Å². The zero-order valence-corrected chi connectivity index (χ0v) is 20.6. The van der Waals surface area contributed by atoms with Gasteiger partial charge in [0.2, 0.25) is 5.95 Å². The number of carbonyl (C=O) groups is 1. The maximum Gasteiger partial charge on any atom is 0.274 e. The van der Waals surface area contributed by atoms with Gasteiger partial charge in [-0.2, -0.15) is 4.98 Å². The van der Waals surface area contributed by atoms with E-state index in [1.807, 2.05) is 24.4 Å². The van der Waals surface area contributed by atoms with Crippen LogP contribution in [-0.2, 0) is 20.6 Å². The van der Waals surface area contributed by atoms with Gasteiger partial charge in [0.1, 0.15) is 11.5 Å². The van der Waals surface area contributed by atoms with E-state index in [1.54, 1.807) is 6.07 Å². The van der Waals surface area contributed by atoms with Crippen LogP contribution in [0.15, 0.2) is 30.5 Å². The van der Waals surface area contributed by atoms with E-state index in [4.69, 9.17) is 19.2 Å². The van der Waals surface area contributed by atoms with Gasteiger partial charge >= 0.3 is 0 Å². The van der Waals surface area contributed by atoms with E-state index in [9.17, 15) is 4.79 Å². The van der Waals surface area contributed by atoms with Gasteiger partial charge in [-0.1, -0.05) is 6.92 Å². The molecule has 3 saturated heterocycles. The lowest BCUT2D eigenvalue weighted by Crippen LogP contribution is -2.45. The van der Waals surface area contributed by atoms with Gasteiger partial charge < -0.3 is 34.3 Å². The van der Waals surface area contributed by atoms with Crippen LogP contribution in [0, 0.1) is 0 Å². The molecule has 3 aromatic rings. The van der Waals surface area contributed by atoms with Crippen molar-refractivity contribution < 1.29 is 19.0 Å². The number of amides is 1. The van der Waals surface area contributed by atoms with Gasteiger partial charge in [0.05, 0.1) is 26.4 Å². The zero-order valence-electron chi connectivity index (χ0n) is 20.6. The Morgan fingerprint density at radius 2 is 1.81 bits per heavy atom. The molecular weight excluding hydrogens is 460 g/mol. The molecular formula is C26H32N6O4. The van der Waals surface area contributed by atoms with Crippen LogP contribution in [0.5, 0.6) is 0 Å². The van der Waals surface area contributed by atoms with Crippen LogP contribution in [0.1, 0.15) is 35.8 Å². The number of ether oxygens (including phenoxy) is 3. The van der Waals surface area contributed by atoms with Crippen molar-refractivity contribution in [3.63, 3.8) is 0 Å². The average Bonchev–Trinajstić information content (AvgIpc) is 3.56. The number of aryl methyl sites for hydroxylation is 1. The summed E-state index contributed by atoms with van der Waals surface area (Å²) in [6, 6.07) is 7.71. The molecule has 0 atom stereocenters. The standard InChI is InChI=1S/C26H32N6O4/c1-2-18-17-27-21-4-3-19(15-20(18)21)28-24(33)22-16-23(30-25(29-22)32-9-11-34-12-10-32)31-7-5-26(6-8-31)35-13-14-36-26/h3-4,15-17,27H,2,5-14H2,1H3,(H,28,33). The Balaban J connectivity index is 1.27. The van der Waals surface area contributed by atoms with Gasteiger partial charge in [0, 0.05) is 67.9 Å². The van der Waals surface area contributed by atoms with Crippen molar-refractivity contribution in [3.8, 4) is 0 Å². The number of hydrogen-bond acceptors (Lipinski definition) is 8. The minimum atomic E-state index is -0.467. The Kier molecular flexibility index (Phi) is 6.24. The predicted octanol–water partition coefficient (Wildman–Crippen LogP) is 2.95. The summed E-state index contributed by atoms with van der Waals surface area (Å²) in [6.45, 7) is 7.52. The fourth-order valence-corrected chi connectivity index (χ4v) is 5.21. The number of carbonyl (C=O) groups excluding carboxylic acids is 1. The van der Waals surface area contributed by atoms with Crippen LogP contribution >= 0.6 is 0 Å². The van der Waals surface area contributed by atoms with E-state index in [0.717, 1.165) is 54.8 Å². The van der Waals surface area contributed by atoms with E-state index < -0.39 is 5.79 Å². The van der Waals surface area contributed by atoms with Crippen LogP contribution < -0.4 is 15.1 Å². The van der Waals surface area contributed by atoms with E-state index in [2.05, 4.69) is 32.0 Å². The minimum Gasteiger partial charge on any atom is -0.378 e. The first-order valence-corrected chi connectivity index (χ1v) is 12.8. The summed E-state index contributed by atoms with van der Waals surface area (Å²) < 4.78 is 17.3. The monoisotopic (exact) mass is 492 g/mol. The summed E-state index contributed by atoms with van der Waals surface area (Å²) in [5.41, 5.74) is 3.37. The van der Waals surface area contributed by atoms with E-state index >= 15 is 0 Å². The SMILES string of the molecule is CCc1c[nH]c2ccc(NC(=O)c3cc(N4CCC5(CC4)OCCO5)nc(N4CCOCC4)n3)cc12. The van der Waals surface area contributed by atoms with E-state index in [-0.39, 0.29) is 5.91 Å². The molecule has 1 amide bonds. The van der Waals surface area contributed by atoms with Crippen molar-refractivity contribution in [2.45, 2.75) is 32.0 Å². The highest BCUT2D eigenvalue weighted by molar-refractivity contribution is 6.04. The van der Waals surface area contributed by atoms with Gasteiger partial charge in [-0.05, 0) is 30.2 Å². The van der Waals surface area contributed by atoms with Gasteiger partial charge in [0.15, 0.2) is 5.79 Å². The van der Waals surface area contributed by atoms with Gasteiger partial charge in [-0.3, -0.25) is 4.79 Å². The van der Waals surface area contributed by atoms with Crippen molar-refractivity contribution >= 4 is 34.3 Å². The van der Waals surface area contributed by atoms with Crippen LogP contribution in [0.25, 0.3) is 10.9 Å². The lowest BCUT2D eigenvalue weighted by molar-refractivity contribution is -0.169. The fraction of sp³-hybridized carbons (Fsp3) is 0.500. The predicted molar refractivity (Wildman–Crippen MR) is 137 cm³/mol. The number of nitrogens with one attached hydrogen (secondary N) is 2. The Bertz CT molecular complexity index is 1240. The number of aromatic nitrogens is 3. The summed E-state index contributed by atoms with van der Waals surface area (Å²) in [7, 11) is 0. The van der Waals surface area contributed by atoms with E-state index in [1.165, 1.54) is 5.56 Å². The molecule has 10 heteroatoms. The van der Waals surface area contributed by atoms with Crippen molar-refractivity contribution in [1.29, 1.82) is 0 Å². The fourth-order valence-electron chi connectivity index (χ4n) is 5.21. The number of nitrogens with zero attached hydrogens (tertiary/aromatic N) is 4. The van der Waals surface area contributed by atoms with Gasteiger partial charge in [-0.25, -0.2) is 4.98 Å². The Hall–Kier alpha value is -3.21. The number of fused-ring (bicyclic) bond motifs is 1. The second-order valence-corrected chi connectivity index (χ2v) is 9.49. The van der Waals surface area contributed by atoms with Crippen LogP contribution in [0.4, 0.5) is 17.5 Å². The van der Waals surface area contributed by atoms with Gasteiger partial charge in [0.25, 0.3) is 5.91 Å². The molecule has 0 saturated carbocycles. The molecule has 0 radical (unpaired) electrons. The summed E-state index contributed by atoms with van der Waals surface area (Å²) in [4.78, 5) is 30.5. The number of H-pyrrole nitrogens is 1. The molecule has 3 fully saturated rings. The smallest absolute Gasteiger partial charge is 0.274 e. The molecule has 1 aromatic carbocycles. The molecule has 2 aromatic heterocycles. The highest BCUT2D eigenvalue weighted by atomic mass is 16.7. The maximum absolute atomic E-state index is 13.4. The van der Waals surface area contributed by atoms with Crippen molar-refractivity contribution in [1.82, 2.24) is 15.0 Å². The summed E-state index contributed by atoms with van der Waals surface area (Å²) in [6.07, 6.45) is 4.47. The topological polar surface area (TPSA) is 105 Å². The third kappa shape index (κ3) is 4.52. The quantitative estimate of drug-likeness (QED) is 0.560. The molecule has 0 aliphatic carbocycles. The van der Waals surface area contributed by atoms with Crippen molar-refractivity contribution in [2.75, 3.05) is 67.7 Å². The normalized spacial score (nSPS) is 19.8. The minimum absolute atomic E-state index is 0.253. The van der Waals surface area contributed by atoms with Crippen molar-refractivity contribution in [3.05, 3.63) is 41.7 Å². The third-order valence-corrected chi connectivity index (χ3v) is 7.30. The molecule has 0 bridgehead atoms. The number of hydrogen-bond donors (Lipinski definition) is 2. The number of aromatic amines is 1. The lowest BCUT2D eigenvalue weighted by Gasteiger charge is -2.38. The first kappa shape index (κ1) is 23.2. The maximum atomic E-state index is 13.4. The third-order valence-electron chi connectivity index (χ3n) is 7.30. The molecule has 3 aliphatic rings. The number of piperidine rings is 1. The first-order valence-electron chi connectivity index (χ1n) is 12.8. The number of anilines is 3. The Morgan fingerprint density at radius 3 is 2.56 bits per heavy atom. The summed E-state index contributed by atoms with van der Waals surface area (Å²) in [5.74, 6) is 0.588. The molecule has 10 nitrogen and oxygen atoms in total. The molecule has 1 spiro atoms. The molecule has 0 unspecified atom stereocenters. The van der Waals surface area contributed by atoms with E-state index in [0.29, 0.717) is 51.2 Å². The first-order chi connectivity index (χ1) is 17.6. The molecule has 190 valence electrons. The largest absolute Gasteiger partial charge is 0.378 e. The second kappa shape index (κ2) is 9.68. The molecule has 2 N–H and O–H groups in total. The number of benzene rings is 1. The average molecular weight is 493 g/mol. The van der Waals surface area contributed by atoms with Crippen LogP contribution in [-0.4, -0.2) is 79.3 Å². The van der Waals surface area contributed by atoms with Gasteiger partial charge in [-0.15, -0.1) is 0 Å². The lowest BCUT2D eigenvalue weighted by atomic mass is 10.0. The van der Waals surface area contributed by atoms with Crippen LogP contribution in [0.2, 0.25) is 0 Å². The molecule has 6 rings (SSSR count). The second-order valence-electron chi connectivity index (χ2n) is 9.49. The number of morpholine rings is 1. The van der Waals surface area contributed by atoms with Crippen molar-refractivity contribution in [2.24, 2.45) is 0 Å². The highest BCUT2D eigenvalue weighted by Crippen LogP contribution is 2.33. The van der Waals surface area contributed by atoms with Crippen LogP contribution in [0.3, 0.4) is 0 Å². The molecule has 5 heterocycles. The zero-order chi connectivity index (χ0) is 24.5. The Morgan fingerprint density at radius 1 is 1.03 bits per heavy atom. The molecule has 36 heavy (non-hydrogen) atoms. The highest BCUT2D eigenvalue weighted by Gasteiger charge is 2.40. The molecule has 3 aliphatic heterocycles. The summed E-state index contributed by atoms with van der Waals surface area (Å²) >= 11 is 0. The number of rotatable bonds is 5. The summed E-state index contributed by atoms with van der Waals surface area (Å²) in [5, 5.41) is 4.16.